The van der Waals surface area contributed by atoms with Crippen LogP contribution in [0.15, 0.2) is 79.4 Å². The van der Waals surface area contributed by atoms with Crippen LogP contribution in [-0.4, -0.2) is 30.9 Å². The molecule has 4 aromatic rings. The first-order valence-corrected chi connectivity index (χ1v) is 8.41. The highest BCUT2D eigenvalue weighted by atomic mass is 16.2. The maximum absolute atomic E-state index is 12.5. The molecule has 0 saturated carbocycles. The average Bonchev–Trinajstić information content (AvgIpc) is 3.24. The number of aromatic nitrogens is 5. The maximum atomic E-state index is 12.5. The molecule has 4 rings (SSSR count). The van der Waals surface area contributed by atoms with Gasteiger partial charge in [-0.3, -0.25) is 14.8 Å². The van der Waals surface area contributed by atoms with Gasteiger partial charge in [0, 0.05) is 30.7 Å². The van der Waals surface area contributed by atoms with Gasteiger partial charge < -0.3 is 5.32 Å². The number of benzene rings is 1. The van der Waals surface area contributed by atoms with E-state index in [0.29, 0.717) is 6.54 Å². The van der Waals surface area contributed by atoms with Crippen molar-refractivity contribution < 1.29 is 4.79 Å². The number of hydrogen-bond donors (Lipinski definition) is 1. The van der Waals surface area contributed by atoms with Gasteiger partial charge in [-0.05, 0) is 35.9 Å². The van der Waals surface area contributed by atoms with Gasteiger partial charge >= 0.3 is 0 Å². The zero-order valence-corrected chi connectivity index (χ0v) is 14.4. The van der Waals surface area contributed by atoms with Crippen molar-refractivity contribution in [3.63, 3.8) is 0 Å². The lowest BCUT2D eigenvalue weighted by Gasteiger charge is -2.09. The third kappa shape index (κ3) is 3.72. The van der Waals surface area contributed by atoms with E-state index in [4.69, 9.17) is 0 Å². The Balaban J connectivity index is 1.49. The van der Waals surface area contributed by atoms with Gasteiger partial charge in [0.1, 0.15) is 0 Å². The standard InChI is InChI=1S/C20H16N6O/c27-20(18-14-24-26(25-18)17-6-2-1-3-7-17)23-13-16-5-4-10-22-19(16)15-8-11-21-12-9-15/h1-12,14H,13H2,(H,23,27). The predicted octanol–water partition coefficient (Wildman–Crippen LogP) is 2.65. The Hall–Kier alpha value is -3.87. The van der Waals surface area contributed by atoms with Gasteiger partial charge in [0.05, 0.1) is 17.6 Å². The van der Waals surface area contributed by atoms with Crippen molar-refractivity contribution in [2.75, 3.05) is 0 Å². The number of carbonyl (C=O) groups is 1. The van der Waals surface area contributed by atoms with Crippen LogP contribution in [0.25, 0.3) is 16.9 Å². The van der Waals surface area contributed by atoms with Crippen molar-refractivity contribution in [1.82, 2.24) is 30.3 Å². The topological polar surface area (TPSA) is 85.6 Å². The molecule has 0 aliphatic heterocycles. The van der Waals surface area contributed by atoms with E-state index in [0.717, 1.165) is 22.5 Å². The molecule has 27 heavy (non-hydrogen) atoms. The molecule has 3 aromatic heterocycles. The molecule has 1 aromatic carbocycles. The number of nitrogens with one attached hydrogen (secondary N) is 1. The van der Waals surface area contributed by atoms with Crippen molar-refractivity contribution in [1.29, 1.82) is 0 Å². The molecule has 0 spiro atoms. The second-order valence-corrected chi connectivity index (χ2v) is 5.78. The highest BCUT2D eigenvalue weighted by molar-refractivity contribution is 5.91. The van der Waals surface area contributed by atoms with E-state index in [9.17, 15) is 4.79 Å². The summed E-state index contributed by atoms with van der Waals surface area (Å²) in [6.07, 6.45) is 6.62. The Kier molecular flexibility index (Phi) is 4.65. The van der Waals surface area contributed by atoms with Gasteiger partial charge in [0.15, 0.2) is 5.69 Å². The fourth-order valence-corrected chi connectivity index (χ4v) is 2.67. The lowest BCUT2D eigenvalue weighted by molar-refractivity contribution is 0.0945. The summed E-state index contributed by atoms with van der Waals surface area (Å²) < 4.78 is 0. The molecule has 132 valence electrons. The second kappa shape index (κ2) is 7.57. The molecule has 0 aliphatic carbocycles. The summed E-state index contributed by atoms with van der Waals surface area (Å²) in [6.45, 7) is 0.336. The number of para-hydroxylation sites is 1. The van der Waals surface area contributed by atoms with Crippen LogP contribution in [0.4, 0.5) is 0 Å². The third-order valence-electron chi connectivity index (χ3n) is 4.00. The van der Waals surface area contributed by atoms with Crippen LogP contribution in [0.2, 0.25) is 0 Å². The Morgan fingerprint density at radius 1 is 0.963 bits per heavy atom. The smallest absolute Gasteiger partial charge is 0.273 e. The normalized spacial score (nSPS) is 10.5. The van der Waals surface area contributed by atoms with Crippen molar-refractivity contribution in [2.24, 2.45) is 0 Å². The lowest BCUT2D eigenvalue weighted by atomic mass is 10.1. The summed E-state index contributed by atoms with van der Waals surface area (Å²) in [5.74, 6) is -0.290. The van der Waals surface area contributed by atoms with Gasteiger partial charge in [-0.15, -0.1) is 5.10 Å². The van der Waals surface area contributed by atoms with E-state index in [1.807, 2.05) is 54.6 Å². The predicted molar refractivity (Wildman–Crippen MR) is 100.0 cm³/mol. The number of hydrogen-bond acceptors (Lipinski definition) is 5. The molecule has 0 unspecified atom stereocenters. The molecule has 0 saturated heterocycles. The van der Waals surface area contributed by atoms with Gasteiger partial charge in [-0.2, -0.15) is 9.90 Å². The molecule has 7 heteroatoms. The van der Waals surface area contributed by atoms with E-state index in [1.165, 1.54) is 11.0 Å². The van der Waals surface area contributed by atoms with E-state index in [-0.39, 0.29) is 11.6 Å². The van der Waals surface area contributed by atoms with Gasteiger partial charge in [-0.25, -0.2) is 0 Å². The monoisotopic (exact) mass is 356 g/mol. The molecule has 0 radical (unpaired) electrons. The van der Waals surface area contributed by atoms with Crippen LogP contribution in [0.1, 0.15) is 16.1 Å². The van der Waals surface area contributed by atoms with Crippen LogP contribution < -0.4 is 5.32 Å². The maximum Gasteiger partial charge on any atom is 0.273 e. The van der Waals surface area contributed by atoms with Crippen LogP contribution in [0.3, 0.4) is 0 Å². The third-order valence-corrected chi connectivity index (χ3v) is 4.00. The average molecular weight is 356 g/mol. The molecule has 0 bridgehead atoms. The molecular weight excluding hydrogens is 340 g/mol. The van der Waals surface area contributed by atoms with Gasteiger partial charge in [0.25, 0.3) is 5.91 Å². The van der Waals surface area contributed by atoms with E-state index in [2.05, 4.69) is 25.5 Å². The van der Waals surface area contributed by atoms with Crippen molar-refractivity contribution >= 4 is 5.91 Å². The van der Waals surface area contributed by atoms with Crippen LogP contribution in [0.5, 0.6) is 0 Å². The van der Waals surface area contributed by atoms with E-state index in [1.54, 1.807) is 18.6 Å². The summed E-state index contributed by atoms with van der Waals surface area (Å²) in [4.78, 5) is 22.3. The highest BCUT2D eigenvalue weighted by Gasteiger charge is 2.13. The molecule has 1 N–H and O–H groups in total. The van der Waals surface area contributed by atoms with Crippen molar-refractivity contribution in [2.45, 2.75) is 6.54 Å². The van der Waals surface area contributed by atoms with Crippen LogP contribution in [-0.2, 0) is 6.54 Å². The van der Waals surface area contributed by atoms with Crippen molar-refractivity contribution in [3.05, 3.63) is 90.6 Å². The second-order valence-electron chi connectivity index (χ2n) is 5.78. The quantitative estimate of drug-likeness (QED) is 0.594. The Bertz CT molecular complexity index is 1050. The summed E-state index contributed by atoms with van der Waals surface area (Å²) in [7, 11) is 0. The Morgan fingerprint density at radius 2 is 1.78 bits per heavy atom. The lowest BCUT2D eigenvalue weighted by Crippen LogP contribution is -2.24. The molecule has 3 heterocycles. The highest BCUT2D eigenvalue weighted by Crippen LogP contribution is 2.20. The first kappa shape index (κ1) is 16.6. The Morgan fingerprint density at radius 3 is 2.59 bits per heavy atom. The van der Waals surface area contributed by atoms with Gasteiger partial charge in [-0.1, -0.05) is 24.3 Å². The number of nitrogens with zero attached hydrogens (tertiary/aromatic N) is 5. The minimum absolute atomic E-state index is 0.258. The number of pyridine rings is 2. The summed E-state index contributed by atoms with van der Waals surface area (Å²) in [5, 5.41) is 11.3. The number of amides is 1. The van der Waals surface area contributed by atoms with Gasteiger partial charge in [0.2, 0.25) is 0 Å². The fourth-order valence-electron chi connectivity index (χ4n) is 2.67. The summed E-state index contributed by atoms with van der Waals surface area (Å²) in [6, 6.07) is 17.0. The zero-order chi connectivity index (χ0) is 18.5. The SMILES string of the molecule is O=C(NCc1cccnc1-c1ccncc1)c1cnn(-c2ccccc2)n1. The molecular formula is C20H16N6O. The van der Waals surface area contributed by atoms with E-state index >= 15 is 0 Å². The van der Waals surface area contributed by atoms with E-state index < -0.39 is 0 Å². The van der Waals surface area contributed by atoms with Crippen LogP contribution in [0, 0.1) is 0 Å². The zero-order valence-electron chi connectivity index (χ0n) is 14.4. The largest absolute Gasteiger partial charge is 0.346 e. The number of carbonyl (C=O) groups excluding carboxylic acids is 1. The van der Waals surface area contributed by atoms with Crippen LogP contribution >= 0.6 is 0 Å². The first-order valence-electron chi connectivity index (χ1n) is 8.41. The molecule has 0 fully saturated rings. The summed E-state index contributed by atoms with van der Waals surface area (Å²) >= 11 is 0. The van der Waals surface area contributed by atoms with Crippen molar-refractivity contribution in [3.8, 4) is 16.9 Å². The molecule has 7 nitrogen and oxygen atoms in total. The minimum Gasteiger partial charge on any atom is -0.346 e. The molecule has 0 aliphatic rings. The summed E-state index contributed by atoms with van der Waals surface area (Å²) in [5.41, 5.74) is 3.72. The molecule has 0 atom stereocenters. The minimum atomic E-state index is -0.290. The number of rotatable bonds is 5. The fraction of sp³-hybridized carbons (Fsp3) is 0.0500. The molecule has 1 amide bonds. The first-order chi connectivity index (χ1) is 13.3. The Labute approximate surface area is 155 Å².